The summed E-state index contributed by atoms with van der Waals surface area (Å²) in [6, 6.07) is 13.1. The van der Waals surface area contributed by atoms with Gasteiger partial charge in [0.15, 0.2) is 0 Å². The first-order valence-corrected chi connectivity index (χ1v) is 13.8. The first kappa shape index (κ1) is 22.9. The number of nitrogens with zero attached hydrogens (tertiary/aromatic N) is 2. The van der Waals surface area contributed by atoms with Crippen molar-refractivity contribution in [2.24, 2.45) is 0 Å². The van der Waals surface area contributed by atoms with Crippen LogP contribution in [0.1, 0.15) is 51.4 Å². The van der Waals surface area contributed by atoms with Crippen LogP contribution in [0.4, 0.5) is 0 Å². The van der Waals surface area contributed by atoms with E-state index >= 15 is 0 Å². The lowest BCUT2D eigenvalue weighted by atomic mass is 10.1. The molecule has 2 aromatic carbocycles. The van der Waals surface area contributed by atoms with Crippen molar-refractivity contribution in [3.8, 4) is 11.5 Å². The van der Waals surface area contributed by atoms with Crippen LogP contribution in [0, 0.1) is 0 Å². The van der Waals surface area contributed by atoms with Crippen molar-refractivity contribution in [1.29, 1.82) is 0 Å². The Hall–Kier alpha value is -1.82. The van der Waals surface area contributed by atoms with E-state index in [1.54, 1.807) is 0 Å². The lowest BCUT2D eigenvalue weighted by Crippen LogP contribution is -2.31. The molecule has 3 aromatic rings. The number of likely N-dealkylation sites (tertiary alicyclic amines) is 2. The molecule has 5 heteroatoms. The third-order valence-electron chi connectivity index (χ3n) is 7.09. The molecule has 0 N–H and O–H groups in total. The number of hydrogen-bond acceptors (Lipinski definition) is 5. The lowest BCUT2D eigenvalue weighted by Gasteiger charge is -2.26. The summed E-state index contributed by atoms with van der Waals surface area (Å²) in [5.74, 6) is 1.98. The second-order valence-electron chi connectivity index (χ2n) is 9.63. The fraction of sp³-hybridized carbons (Fsp3) is 0.571. The first-order valence-electron chi connectivity index (χ1n) is 13.0. The predicted octanol–water partition coefficient (Wildman–Crippen LogP) is 6.56. The van der Waals surface area contributed by atoms with Crippen molar-refractivity contribution in [3.05, 3.63) is 36.4 Å². The number of benzene rings is 2. The summed E-state index contributed by atoms with van der Waals surface area (Å²) in [4.78, 5) is 5.16. The first-order chi connectivity index (χ1) is 16.3. The van der Waals surface area contributed by atoms with E-state index in [9.17, 15) is 0 Å². The zero-order valence-corrected chi connectivity index (χ0v) is 20.7. The van der Waals surface area contributed by atoms with Gasteiger partial charge in [0.25, 0.3) is 0 Å². The fourth-order valence-electron chi connectivity index (χ4n) is 5.24. The quantitative estimate of drug-likeness (QED) is 0.316. The predicted molar refractivity (Wildman–Crippen MR) is 140 cm³/mol. The number of piperidine rings is 2. The topological polar surface area (TPSA) is 24.9 Å². The normalized spacial score (nSPS) is 18.2. The number of hydrogen-bond donors (Lipinski definition) is 0. The van der Waals surface area contributed by atoms with Gasteiger partial charge in [0, 0.05) is 33.3 Å². The standard InChI is InChI=1S/C28H38N2O2S/c1-3-13-29(14-4-1)17-7-19-31-23-9-11-25-26-12-10-24(22-28(26)33-27(25)21-23)32-20-8-18-30-15-5-2-6-16-30/h9-12,21-22H,1-8,13-20H2. The largest absolute Gasteiger partial charge is 0.493 e. The minimum Gasteiger partial charge on any atom is -0.493 e. The Bertz CT molecular complexity index is 941. The highest BCUT2D eigenvalue weighted by atomic mass is 32.1. The van der Waals surface area contributed by atoms with Crippen molar-refractivity contribution >= 4 is 31.5 Å². The highest BCUT2D eigenvalue weighted by Crippen LogP contribution is 2.37. The van der Waals surface area contributed by atoms with Crippen molar-refractivity contribution in [2.75, 3.05) is 52.5 Å². The summed E-state index contributed by atoms with van der Waals surface area (Å²) in [6.45, 7) is 8.95. The molecule has 0 radical (unpaired) electrons. The Morgan fingerprint density at radius 1 is 0.606 bits per heavy atom. The van der Waals surface area contributed by atoms with Crippen molar-refractivity contribution < 1.29 is 9.47 Å². The van der Waals surface area contributed by atoms with Gasteiger partial charge in [0.1, 0.15) is 11.5 Å². The van der Waals surface area contributed by atoms with Gasteiger partial charge in [-0.2, -0.15) is 0 Å². The van der Waals surface area contributed by atoms with Crippen molar-refractivity contribution in [3.63, 3.8) is 0 Å². The summed E-state index contributed by atoms with van der Waals surface area (Å²) in [5, 5.41) is 2.62. The SMILES string of the molecule is c1cc2c(cc1OCCCN1CCCCC1)sc1cc(OCCCN3CCCCC3)ccc12. The number of ether oxygens (including phenoxy) is 2. The Morgan fingerprint density at radius 2 is 1.06 bits per heavy atom. The molecule has 0 atom stereocenters. The van der Waals surface area contributed by atoms with Gasteiger partial charge >= 0.3 is 0 Å². The third-order valence-corrected chi connectivity index (χ3v) is 8.20. The van der Waals surface area contributed by atoms with E-state index in [-0.39, 0.29) is 0 Å². The van der Waals surface area contributed by atoms with Gasteiger partial charge in [0.05, 0.1) is 13.2 Å². The van der Waals surface area contributed by atoms with E-state index in [2.05, 4.69) is 46.2 Å². The van der Waals surface area contributed by atoms with Gasteiger partial charge in [-0.05, 0) is 101 Å². The van der Waals surface area contributed by atoms with E-state index in [1.165, 1.54) is 84.9 Å². The van der Waals surface area contributed by atoms with E-state index in [4.69, 9.17) is 9.47 Å². The summed E-state index contributed by atoms with van der Waals surface area (Å²) >= 11 is 1.84. The van der Waals surface area contributed by atoms with Gasteiger partial charge in [0.2, 0.25) is 0 Å². The smallest absolute Gasteiger partial charge is 0.120 e. The van der Waals surface area contributed by atoms with Gasteiger partial charge in [-0.3, -0.25) is 0 Å². The van der Waals surface area contributed by atoms with Crippen molar-refractivity contribution in [2.45, 2.75) is 51.4 Å². The molecule has 0 amide bonds. The Kier molecular flexibility index (Phi) is 8.03. The zero-order chi connectivity index (χ0) is 22.3. The van der Waals surface area contributed by atoms with Crippen LogP contribution in [-0.2, 0) is 0 Å². The lowest BCUT2D eigenvalue weighted by molar-refractivity contribution is 0.205. The van der Waals surface area contributed by atoms with Gasteiger partial charge < -0.3 is 19.3 Å². The summed E-state index contributed by atoms with van der Waals surface area (Å²) < 4.78 is 14.8. The van der Waals surface area contributed by atoms with Gasteiger partial charge in [-0.15, -0.1) is 11.3 Å². The molecule has 0 unspecified atom stereocenters. The molecule has 33 heavy (non-hydrogen) atoms. The molecule has 0 saturated carbocycles. The molecular formula is C28H38N2O2S. The number of rotatable bonds is 10. The van der Waals surface area contributed by atoms with E-state index in [0.29, 0.717) is 0 Å². The maximum absolute atomic E-state index is 6.09. The summed E-state index contributed by atoms with van der Waals surface area (Å²) in [7, 11) is 0. The molecule has 2 fully saturated rings. The number of fused-ring (bicyclic) bond motifs is 3. The highest BCUT2D eigenvalue weighted by Gasteiger charge is 2.11. The molecule has 0 aliphatic carbocycles. The van der Waals surface area contributed by atoms with Gasteiger partial charge in [-0.25, -0.2) is 0 Å². The van der Waals surface area contributed by atoms with Crippen LogP contribution >= 0.6 is 11.3 Å². The van der Waals surface area contributed by atoms with Crippen LogP contribution < -0.4 is 9.47 Å². The second kappa shape index (κ2) is 11.5. The Morgan fingerprint density at radius 3 is 1.52 bits per heavy atom. The fourth-order valence-corrected chi connectivity index (χ4v) is 6.40. The molecule has 0 spiro atoms. The highest BCUT2D eigenvalue weighted by molar-refractivity contribution is 7.25. The average Bonchev–Trinajstić information content (AvgIpc) is 3.23. The van der Waals surface area contributed by atoms with E-state index in [1.807, 2.05) is 11.3 Å². The van der Waals surface area contributed by atoms with Gasteiger partial charge in [-0.1, -0.05) is 12.8 Å². The summed E-state index contributed by atoms with van der Waals surface area (Å²) in [5.41, 5.74) is 0. The van der Waals surface area contributed by atoms with E-state index in [0.717, 1.165) is 50.6 Å². The van der Waals surface area contributed by atoms with Crippen LogP contribution in [-0.4, -0.2) is 62.3 Å². The molecule has 178 valence electrons. The van der Waals surface area contributed by atoms with Crippen LogP contribution in [0.15, 0.2) is 36.4 Å². The monoisotopic (exact) mass is 466 g/mol. The molecular weight excluding hydrogens is 428 g/mol. The summed E-state index contributed by atoms with van der Waals surface area (Å²) in [6.07, 6.45) is 10.4. The van der Waals surface area contributed by atoms with Crippen LogP contribution in [0.3, 0.4) is 0 Å². The van der Waals surface area contributed by atoms with Crippen LogP contribution in [0.25, 0.3) is 20.2 Å². The van der Waals surface area contributed by atoms with Crippen LogP contribution in [0.5, 0.6) is 11.5 Å². The third kappa shape index (κ3) is 6.20. The molecule has 5 rings (SSSR count). The molecule has 2 aliphatic rings. The minimum atomic E-state index is 0.794. The maximum Gasteiger partial charge on any atom is 0.120 e. The number of thiophene rings is 1. The maximum atomic E-state index is 6.09. The van der Waals surface area contributed by atoms with Crippen molar-refractivity contribution in [1.82, 2.24) is 9.80 Å². The molecule has 2 aliphatic heterocycles. The second-order valence-corrected chi connectivity index (χ2v) is 10.7. The Balaban J connectivity index is 1.13. The zero-order valence-electron chi connectivity index (χ0n) is 19.9. The molecule has 0 bridgehead atoms. The van der Waals surface area contributed by atoms with E-state index < -0.39 is 0 Å². The molecule has 1 aromatic heterocycles. The average molecular weight is 467 g/mol. The molecule has 2 saturated heterocycles. The minimum absolute atomic E-state index is 0.794. The Labute approximate surface area is 202 Å². The van der Waals surface area contributed by atoms with Crippen LogP contribution in [0.2, 0.25) is 0 Å². The molecule has 3 heterocycles. The molecule has 4 nitrogen and oxygen atoms in total.